The Morgan fingerprint density at radius 2 is 2.21 bits per heavy atom. The summed E-state index contributed by atoms with van der Waals surface area (Å²) in [7, 11) is -2.84. The van der Waals surface area contributed by atoms with Gasteiger partial charge in [-0.2, -0.15) is 0 Å². The van der Waals surface area contributed by atoms with E-state index in [9.17, 15) is 8.42 Å². The van der Waals surface area contributed by atoms with E-state index >= 15 is 0 Å². The summed E-state index contributed by atoms with van der Waals surface area (Å²) in [5.41, 5.74) is 6.33. The number of nitrogens with zero attached hydrogens (tertiary/aromatic N) is 1. The molecule has 76 valence electrons. The topological polar surface area (TPSA) is 73.1 Å². The van der Waals surface area contributed by atoms with Crippen LogP contribution in [0.5, 0.6) is 0 Å². The SMILES string of the molecule is Nc1cccc(C2CCS(=O)(=O)C2)n1. The summed E-state index contributed by atoms with van der Waals surface area (Å²) in [6, 6.07) is 5.34. The second kappa shape index (κ2) is 3.24. The van der Waals surface area contributed by atoms with Crippen LogP contribution in [0.25, 0.3) is 0 Å². The molecule has 0 spiro atoms. The molecule has 1 aromatic heterocycles. The monoisotopic (exact) mass is 212 g/mol. The number of nitrogen functional groups attached to an aromatic ring is 1. The summed E-state index contributed by atoms with van der Waals surface area (Å²) >= 11 is 0. The Hall–Kier alpha value is -1.10. The first kappa shape index (κ1) is 9.45. The van der Waals surface area contributed by atoms with Crippen molar-refractivity contribution < 1.29 is 8.42 Å². The van der Waals surface area contributed by atoms with E-state index in [0.717, 1.165) is 5.69 Å². The standard InChI is InChI=1S/C9H12N2O2S/c10-9-3-1-2-8(11-9)7-4-5-14(12,13)6-7/h1-3,7H,4-6H2,(H2,10,11). The first-order valence-electron chi connectivity index (χ1n) is 4.50. The Morgan fingerprint density at radius 3 is 2.79 bits per heavy atom. The number of nitrogens with two attached hydrogens (primary N) is 1. The molecule has 0 bridgehead atoms. The third-order valence-corrected chi connectivity index (χ3v) is 4.21. The highest BCUT2D eigenvalue weighted by atomic mass is 32.2. The Balaban J connectivity index is 2.26. The fourth-order valence-electron chi connectivity index (χ4n) is 1.72. The number of rotatable bonds is 1. The molecule has 1 aromatic rings. The van der Waals surface area contributed by atoms with E-state index in [0.29, 0.717) is 12.2 Å². The maximum Gasteiger partial charge on any atom is 0.151 e. The van der Waals surface area contributed by atoms with Crippen LogP contribution in [-0.4, -0.2) is 24.9 Å². The van der Waals surface area contributed by atoms with E-state index < -0.39 is 9.84 Å². The fraction of sp³-hybridized carbons (Fsp3) is 0.444. The molecular formula is C9H12N2O2S. The van der Waals surface area contributed by atoms with E-state index in [-0.39, 0.29) is 17.4 Å². The number of anilines is 1. The molecule has 0 aromatic carbocycles. The van der Waals surface area contributed by atoms with Crippen LogP contribution in [0.4, 0.5) is 5.82 Å². The summed E-state index contributed by atoms with van der Waals surface area (Å²) in [6.07, 6.45) is 0.665. The van der Waals surface area contributed by atoms with E-state index in [1.54, 1.807) is 6.07 Å². The average molecular weight is 212 g/mol. The van der Waals surface area contributed by atoms with E-state index in [1.165, 1.54) is 0 Å². The zero-order valence-electron chi connectivity index (χ0n) is 7.68. The minimum atomic E-state index is -2.84. The fourth-order valence-corrected chi connectivity index (χ4v) is 3.49. The smallest absolute Gasteiger partial charge is 0.151 e. The van der Waals surface area contributed by atoms with Crippen LogP contribution in [0.1, 0.15) is 18.0 Å². The second-order valence-electron chi connectivity index (χ2n) is 3.59. The average Bonchev–Trinajstić information content (AvgIpc) is 2.46. The van der Waals surface area contributed by atoms with E-state index in [1.807, 2.05) is 12.1 Å². The molecule has 2 N–H and O–H groups in total. The summed E-state index contributed by atoms with van der Waals surface area (Å²) < 4.78 is 22.5. The quantitative estimate of drug-likeness (QED) is 0.738. The minimum absolute atomic E-state index is 0.0310. The highest BCUT2D eigenvalue weighted by Gasteiger charge is 2.29. The van der Waals surface area contributed by atoms with Crippen molar-refractivity contribution in [3.8, 4) is 0 Å². The first-order chi connectivity index (χ1) is 6.57. The van der Waals surface area contributed by atoms with Gasteiger partial charge in [-0.05, 0) is 18.6 Å². The second-order valence-corrected chi connectivity index (χ2v) is 5.82. The summed E-state index contributed by atoms with van der Waals surface area (Å²) in [4.78, 5) is 4.13. The number of sulfone groups is 1. The van der Waals surface area contributed by atoms with Gasteiger partial charge in [0, 0.05) is 11.6 Å². The molecule has 0 aliphatic carbocycles. The molecule has 0 saturated carbocycles. The van der Waals surface area contributed by atoms with Crippen LogP contribution in [-0.2, 0) is 9.84 Å². The van der Waals surface area contributed by atoms with Crippen LogP contribution in [0.3, 0.4) is 0 Å². The molecule has 1 aliphatic rings. The lowest BCUT2D eigenvalue weighted by molar-refractivity contribution is 0.601. The molecule has 14 heavy (non-hydrogen) atoms. The van der Waals surface area contributed by atoms with Crippen LogP contribution < -0.4 is 5.73 Å². The third-order valence-electron chi connectivity index (χ3n) is 2.44. The Morgan fingerprint density at radius 1 is 1.43 bits per heavy atom. The number of hydrogen-bond acceptors (Lipinski definition) is 4. The molecule has 1 unspecified atom stereocenters. The Labute approximate surface area is 83.1 Å². The number of hydrogen-bond donors (Lipinski definition) is 1. The number of pyridine rings is 1. The first-order valence-corrected chi connectivity index (χ1v) is 6.32. The molecule has 0 radical (unpaired) electrons. The van der Waals surface area contributed by atoms with Crippen molar-refractivity contribution in [3.63, 3.8) is 0 Å². The molecular weight excluding hydrogens is 200 g/mol. The van der Waals surface area contributed by atoms with Gasteiger partial charge < -0.3 is 5.73 Å². The van der Waals surface area contributed by atoms with Gasteiger partial charge >= 0.3 is 0 Å². The molecule has 4 nitrogen and oxygen atoms in total. The normalized spacial score (nSPS) is 25.0. The maximum absolute atomic E-state index is 11.2. The van der Waals surface area contributed by atoms with Crippen LogP contribution in [0.2, 0.25) is 0 Å². The molecule has 0 amide bonds. The van der Waals surface area contributed by atoms with E-state index in [4.69, 9.17) is 5.73 Å². The van der Waals surface area contributed by atoms with Gasteiger partial charge in [0.15, 0.2) is 9.84 Å². The summed E-state index contributed by atoms with van der Waals surface area (Å²) in [6.45, 7) is 0. The molecule has 1 saturated heterocycles. The lowest BCUT2D eigenvalue weighted by Crippen LogP contribution is -2.06. The Kier molecular flexibility index (Phi) is 2.19. The third kappa shape index (κ3) is 1.87. The van der Waals surface area contributed by atoms with Crippen molar-refractivity contribution in [2.75, 3.05) is 17.2 Å². The van der Waals surface area contributed by atoms with Gasteiger partial charge in [-0.3, -0.25) is 0 Å². The molecule has 1 fully saturated rings. The molecule has 2 rings (SSSR count). The van der Waals surface area contributed by atoms with Crippen molar-refractivity contribution >= 4 is 15.7 Å². The van der Waals surface area contributed by atoms with Crippen LogP contribution >= 0.6 is 0 Å². The molecule has 2 heterocycles. The number of aromatic nitrogens is 1. The lowest BCUT2D eigenvalue weighted by Gasteiger charge is -2.06. The predicted octanol–water partition coefficient (Wildman–Crippen LogP) is 0.566. The van der Waals surface area contributed by atoms with Gasteiger partial charge in [0.1, 0.15) is 5.82 Å². The van der Waals surface area contributed by atoms with Gasteiger partial charge in [-0.1, -0.05) is 6.07 Å². The van der Waals surface area contributed by atoms with Crippen LogP contribution in [0.15, 0.2) is 18.2 Å². The van der Waals surface area contributed by atoms with Crippen molar-refractivity contribution in [1.82, 2.24) is 4.98 Å². The van der Waals surface area contributed by atoms with Gasteiger partial charge in [0.05, 0.1) is 11.5 Å². The van der Waals surface area contributed by atoms with E-state index in [2.05, 4.69) is 4.98 Å². The highest BCUT2D eigenvalue weighted by Crippen LogP contribution is 2.27. The zero-order valence-corrected chi connectivity index (χ0v) is 8.50. The van der Waals surface area contributed by atoms with Crippen molar-refractivity contribution in [2.45, 2.75) is 12.3 Å². The van der Waals surface area contributed by atoms with Crippen LogP contribution in [0, 0.1) is 0 Å². The van der Waals surface area contributed by atoms with Crippen molar-refractivity contribution in [1.29, 1.82) is 0 Å². The van der Waals surface area contributed by atoms with Gasteiger partial charge in [0.2, 0.25) is 0 Å². The summed E-state index contributed by atoms with van der Waals surface area (Å²) in [5, 5.41) is 0. The maximum atomic E-state index is 11.2. The predicted molar refractivity (Wildman–Crippen MR) is 54.7 cm³/mol. The molecule has 1 aliphatic heterocycles. The summed E-state index contributed by atoms with van der Waals surface area (Å²) in [5.74, 6) is 0.965. The largest absolute Gasteiger partial charge is 0.384 e. The lowest BCUT2D eigenvalue weighted by atomic mass is 10.0. The highest BCUT2D eigenvalue weighted by molar-refractivity contribution is 7.91. The van der Waals surface area contributed by atoms with Crippen molar-refractivity contribution in [2.24, 2.45) is 0 Å². The van der Waals surface area contributed by atoms with Gasteiger partial charge in [-0.25, -0.2) is 13.4 Å². The van der Waals surface area contributed by atoms with Crippen molar-refractivity contribution in [3.05, 3.63) is 23.9 Å². The zero-order chi connectivity index (χ0) is 10.2. The van der Waals surface area contributed by atoms with Gasteiger partial charge in [0.25, 0.3) is 0 Å². The minimum Gasteiger partial charge on any atom is -0.384 e. The van der Waals surface area contributed by atoms with Gasteiger partial charge in [-0.15, -0.1) is 0 Å². The Bertz CT molecular complexity index is 442. The molecule has 5 heteroatoms. The molecule has 1 atom stereocenters.